The molecule has 21 heavy (non-hydrogen) atoms. The highest BCUT2D eigenvalue weighted by Gasteiger charge is 2.46. The first-order chi connectivity index (χ1) is 9.44. The number of hydrogen-bond donors (Lipinski definition) is 0. The predicted molar refractivity (Wildman–Crippen MR) is 76.4 cm³/mol. The van der Waals surface area contributed by atoms with Gasteiger partial charge in [-0.25, -0.2) is 4.79 Å². The molecule has 0 amide bonds. The highest BCUT2D eigenvalue weighted by molar-refractivity contribution is 5.84. The fourth-order valence-electron chi connectivity index (χ4n) is 2.05. The molecule has 0 aromatic heterocycles. The number of carbonyl (C=O) groups excluding carboxylic acids is 3. The zero-order chi connectivity index (χ0) is 16.8. The summed E-state index contributed by atoms with van der Waals surface area (Å²) in [5, 5.41) is 0. The maximum atomic E-state index is 12.2. The van der Waals surface area contributed by atoms with Crippen LogP contribution >= 0.6 is 0 Å². The van der Waals surface area contributed by atoms with E-state index < -0.39 is 28.9 Å². The van der Waals surface area contributed by atoms with Gasteiger partial charge in [-0.3, -0.25) is 9.59 Å². The van der Waals surface area contributed by atoms with E-state index in [1.165, 1.54) is 13.8 Å². The lowest BCUT2D eigenvalue weighted by Gasteiger charge is -2.34. The molecule has 0 N–H and O–H groups in total. The number of carbonyl (C=O) groups is 3. The van der Waals surface area contributed by atoms with E-state index in [2.05, 4.69) is 0 Å². The van der Waals surface area contributed by atoms with Gasteiger partial charge < -0.3 is 14.2 Å². The van der Waals surface area contributed by atoms with Gasteiger partial charge >= 0.3 is 17.9 Å². The number of esters is 3. The van der Waals surface area contributed by atoms with Gasteiger partial charge in [-0.05, 0) is 41.5 Å². The SMILES string of the molecule is CCOC(=O)C(C)(C)CC(C)(OC(C)=O)C(=O)OC(C)C. The minimum absolute atomic E-state index is 0.0238. The molecule has 0 heterocycles. The van der Waals surface area contributed by atoms with Crippen molar-refractivity contribution in [1.82, 2.24) is 0 Å². The Bertz CT molecular complexity index is 399. The molecule has 6 heteroatoms. The lowest BCUT2D eigenvalue weighted by atomic mass is 9.80. The third kappa shape index (κ3) is 6.14. The normalized spacial score (nSPS) is 14.3. The van der Waals surface area contributed by atoms with E-state index in [0.717, 1.165) is 0 Å². The van der Waals surface area contributed by atoms with Crippen molar-refractivity contribution in [2.75, 3.05) is 6.61 Å². The van der Waals surface area contributed by atoms with Crippen LogP contribution in [-0.4, -0.2) is 36.2 Å². The molecule has 0 saturated carbocycles. The number of rotatable bonds is 7. The van der Waals surface area contributed by atoms with Crippen molar-refractivity contribution < 1.29 is 28.6 Å². The minimum atomic E-state index is -1.54. The molecule has 0 aliphatic rings. The van der Waals surface area contributed by atoms with Crippen molar-refractivity contribution in [3.8, 4) is 0 Å². The van der Waals surface area contributed by atoms with Crippen molar-refractivity contribution in [1.29, 1.82) is 0 Å². The Balaban J connectivity index is 5.28. The molecule has 6 nitrogen and oxygen atoms in total. The summed E-state index contributed by atoms with van der Waals surface area (Å²) in [4.78, 5) is 35.5. The zero-order valence-corrected chi connectivity index (χ0v) is 13.9. The molecule has 0 aliphatic heterocycles. The van der Waals surface area contributed by atoms with E-state index in [9.17, 15) is 14.4 Å². The van der Waals surface area contributed by atoms with E-state index in [1.54, 1.807) is 34.6 Å². The summed E-state index contributed by atoms with van der Waals surface area (Å²) in [5.74, 6) is -1.75. The molecule has 122 valence electrons. The summed E-state index contributed by atoms with van der Waals surface area (Å²) < 4.78 is 15.3. The second kappa shape index (κ2) is 7.43. The Kier molecular flexibility index (Phi) is 6.86. The second-order valence-corrected chi connectivity index (χ2v) is 6.06. The average molecular weight is 302 g/mol. The smallest absolute Gasteiger partial charge is 0.350 e. The quantitative estimate of drug-likeness (QED) is 0.530. The van der Waals surface area contributed by atoms with E-state index in [-0.39, 0.29) is 19.1 Å². The molecule has 0 spiro atoms. The lowest BCUT2D eigenvalue weighted by Crippen LogP contribution is -2.47. The van der Waals surface area contributed by atoms with Crippen LogP contribution in [0.5, 0.6) is 0 Å². The molecule has 0 rings (SSSR count). The Morgan fingerprint density at radius 1 is 1.05 bits per heavy atom. The summed E-state index contributed by atoms with van der Waals surface area (Å²) in [5.41, 5.74) is -2.53. The topological polar surface area (TPSA) is 78.9 Å². The fraction of sp³-hybridized carbons (Fsp3) is 0.800. The highest BCUT2D eigenvalue weighted by atomic mass is 16.6. The molecule has 0 bridgehead atoms. The van der Waals surface area contributed by atoms with Crippen molar-refractivity contribution in [3.63, 3.8) is 0 Å². The molecule has 1 unspecified atom stereocenters. The van der Waals surface area contributed by atoms with Gasteiger partial charge in [0, 0.05) is 13.3 Å². The van der Waals surface area contributed by atoms with Crippen LogP contribution in [0.1, 0.15) is 54.9 Å². The summed E-state index contributed by atoms with van der Waals surface area (Å²) >= 11 is 0. The molecule has 1 atom stereocenters. The van der Waals surface area contributed by atoms with E-state index in [0.29, 0.717) is 0 Å². The highest BCUT2D eigenvalue weighted by Crippen LogP contribution is 2.33. The molecule has 0 saturated heterocycles. The Morgan fingerprint density at radius 3 is 1.95 bits per heavy atom. The maximum absolute atomic E-state index is 12.2. The zero-order valence-electron chi connectivity index (χ0n) is 13.9. The van der Waals surface area contributed by atoms with E-state index in [4.69, 9.17) is 14.2 Å². The van der Waals surface area contributed by atoms with Gasteiger partial charge in [-0.1, -0.05) is 0 Å². The average Bonchev–Trinajstić information content (AvgIpc) is 2.26. The first-order valence-electron chi connectivity index (χ1n) is 7.02. The van der Waals surface area contributed by atoms with Crippen LogP contribution in [0.4, 0.5) is 0 Å². The Morgan fingerprint density at radius 2 is 1.57 bits per heavy atom. The summed E-state index contributed by atoms with van der Waals surface area (Å²) in [6, 6.07) is 0. The third-order valence-corrected chi connectivity index (χ3v) is 2.75. The first-order valence-corrected chi connectivity index (χ1v) is 7.02. The number of ether oxygens (including phenoxy) is 3. The van der Waals surface area contributed by atoms with Crippen LogP contribution < -0.4 is 0 Å². The molecule has 0 aromatic carbocycles. The third-order valence-electron chi connectivity index (χ3n) is 2.75. The monoisotopic (exact) mass is 302 g/mol. The predicted octanol–water partition coefficient (Wildman–Crippen LogP) is 2.24. The number of hydrogen-bond acceptors (Lipinski definition) is 6. The van der Waals surface area contributed by atoms with E-state index >= 15 is 0 Å². The largest absolute Gasteiger partial charge is 0.466 e. The van der Waals surface area contributed by atoms with Gasteiger partial charge in [0.2, 0.25) is 5.60 Å². The van der Waals surface area contributed by atoms with Crippen molar-refractivity contribution in [3.05, 3.63) is 0 Å². The maximum Gasteiger partial charge on any atom is 0.350 e. The van der Waals surface area contributed by atoms with E-state index in [1.807, 2.05) is 0 Å². The van der Waals surface area contributed by atoms with Crippen molar-refractivity contribution in [2.45, 2.75) is 66.6 Å². The lowest BCUT2D eigenvalue weighted by molar-refractivity contribution is -0.188. The van der Waals surface area contributed by atoms with Crippen LogP contribution in [0, 0.1) is 5.41 Å². The van der Waals surface area contributed by atoms with Crippen molar-refractivity contribution >= 4 is 17.9 Å². The molecule has 0 aliphatic carbocycles. The van der Waals surface area contributed by atoms with Crippen LogP contribution in [0.3, 0.4) is 0 Å². The second-order valence-electron chi connectivity index (χ2n) is 6.06. The van der Waals surface area contributed by atoms with Gasteiger partial charge in [-0.15, -0.1) is 0 Å². The van der Waals surface area contributed by atoms with Crippen LogP contribution in [-0.2, 0) is 28.6 Å². The summed E-state index contributed by atoms with van der Waals surface area (Å²) in [7, 11) is 0. The minimum Gasteiger partial charge on any atom is -0.466 e. The van der Waals surface area contributed by atoms with Crippen molar-refractivity contribution in [2.24, 2.45) is 5.41 Å². The standard InChI is InChI=1S/C15H26O6/c1-8-19-12(17)14(5,6)9-15(7,21-11(4)16)13(18)20-10(2)3/h10H,8-9H2,1-7H3. The van der Waals surface area contributed by atoms with Crippen LogP contribution in [0.15, 0.2) is 0 Å². The Labute approximate surface area is 126 Å². The first kappa shape index (κ1) is 19.4. The molecular weight excluding hydrogens is 276 g/mol. The fourth-order valence-corrected chi connectivity index (χ4v) is 2.05. The van der Waals surface area contributed by atoms with Gasteiger partial charge in [0.1, 0.15) is 0 Å². The molecular formula is C15H26O6. The van der Waals surface area contributed by atoms with Crippen LogP contribution in [0.2, 0.25) is 0 Å². The van der Waals surface area contributed by atoms with Crippen LogP contribution in [0.25, 0.3) is 0 Å². The Hall–Kier alpha value is -1.59. The molecule has 0 radical (unpaired) electrons. The van der Waals surface area contributed by atoms with Gasteiger partial charge in [0.05, 0.1) is 18.1 Å². The van der Waals surface area contributed by atoms with Gasteiger partial charge in [0.25, 0.3) is 0 Å². The van der Waals surface area contributed by atoms with Gasteiger partial charge in [0.15, 0.2) is 0 Å². The summed E-state index contributed by atoms with van der Waals surface area (Å²) in [6.07, 6.45) is -0.373. The van der Waals surface area contributed by atoms with Gasteiger partial charge in [-0.2, -0.15) is 0 Å². The molecule has 0 fully saturated rings. The molecule has 0 aromatic rings. The summed E-state index contributed by atoms with van der Waals surface area (Å²) in [6.45, 7) is 11.3.